The number of carbonyl (C=O) groups excluding carboxylic acids is 2. The predicted molar refractivity (Wildman–Crippen MR) is 106 cm³/mol. The van der Waals surface area contributed by atoms with Gasteiger partial charge in [0.15, 0.2) is 0 Å². The van der Waals surface area contributed by atoms with Crippen LogP contribution in [0, 0.1) is 12.3 Å². The molecular formula is C20H33N3O4. The van der Waals surface area contributed by atoms with E-state index in [1.165, 1.54) is 0 Å². The summed E-state index contributed by atoms with van der Waals surface area (Å²) in [4.78, 5) is 32.7. The van der Waals surface area contributed by atoms with E-state index in [9.17, 15) is 9.59 Å². The molecule has 1 aliphatic rings. The van der Waals surface area contributed by atoms with Gasteiger partial charge in [0.05, 0.1) is 0 Å². The van der Waals surface area contributed by atoms with Crippen molar-refractivity contribution in [2.75, 3.05) is 32.7 Å². The van der Waals surface area contributed by atoms with Gasteiger partial charge in [0.2, 0.25) is 0 Å². The lowest BCUT2D eigenvalue weighted by Crippen LogP contribution is -2.49. The maximum atomic E-state index is 12.3. The van der Waals surface area contributed by atoms with Gasteiger partial charge in [0.1, 0.15) is 23.5 Å². The highest BCUT2D eigenvalue weighted by molar-refractivity contribution is 6.02. The first-order valence-electron chi connectivity index (χ1n) is 9.33. The number of aliphatic imine (C=N–C) groups is 1. The molecule has 0 aromatic rings. The molecule has 1 amide bonds. The van der Waals surface area contributed by atoms with Crippen LogP contribution in [0.25, 0.3) is 0 Å². The predicted octanol–water partition coefficient (Wildman–Crippen LogP) is 2.69. The molecule has 0 atom stereocenters. The van der Waals surface area contributed by atoms with Gasteiger partial charge in [-0.05, 0) is 41.5 Å². The fourth-order valence-corrected chi connectivity index (χ4v) is 2.57. The lowest BCUT2D eigenvalue weighted by atomic mass is 10.2. The molecule has 1 saturated heterocycles. The summed E-state index contributed by atoms with van der Waals surface area (Å²) in [5.41, 5.74) is -1.24. The molecule has 7 heteroatoms. The number of piperazine rings is 1. The average Bonchev–Trinajstić information content (AvgIpc) is 2.49. The summed E-state index contributed by atoms with van der Waals surface area (Å²) in [5.74, 6) is 2.61. The Bertz CT molecular complexity index is 586. The molecule has 0 saturated carbocycles. The molecule has 0 spiro atoms. The van der Waals surface area contributed by atoms with E-state index in [1.807, 2.05) is 4.90 Å². The van der Waals surface area contributed by atoms with E-state index in [2.05, 4.69) is 15.8 Å². The highest BCUT2D eigenvalue weighted by Crippen LogP contribution is 2.13. The third kappa shape index (κ3) is 10.00. The second kappa shape index (κ2) is 9.75. The van der Waals surface area contributed by atoms with Crippen LogP contribution >= 0.6 is 0 Å². The van der Waals surface area contributed by atoms with Crippen molar-refractivity contribution in [3.05, 3.63) is 0 Å². The molecule has 0 aromatic heterocycles. The van der Waals surface area contributed by atoms with Crippen molar-refractivity contribution in [3.63, 3.8) is 0 Å². The molecule has 1 aliphatic heterocycles. The number of amidine groups is 1. The minimum Gasteiger partial charge on any atom is -0.460 e. The van der Waals surface area contributed by atoms with Gasteiger partial charge in [-0.25, -0.2) is 4.79 Å². The van der Waals surface area contributed by atoms with Crippen LogP contribution in [0.5, 0.6) is 0 Å². The van der Waals surface area contributed by atoms with Gasteiger partial charge in [0.25, 0.3) is 0 Å². The van der Waals surface area contributed by atoms with Crippen molar-refractivity contribution < 1.29 is 19.1 Å². The number of ether oxygens (including phenoxy) is 2. The zero-order valence-electron chi connectivity index (χ0n) is 17.5. The fraction of sp³-hybridized carbons (Fsp3) is 0.750. The first-order valence-corrected chi connectivity index (χ1v) is 9.33. The van der Waals surface area contributed by atoms with Crippen LogP contribution in [0.4, 0.5) is 4.79 Å². The number of amides is 1. The third-order valence-corrected chi connectivity index (χ3v) is 3.65. The van der Waals surface area contributed by atoms with Gasteiger partial charge < -0.3 is 14.4 Å². The van der Waals surface area contributed by atoms with Crippen LogP contribution in [-0.2, 0) is 14.3 Å². The molecule has 1 heterocycles. The molecule has 0 radical (unpaired) electrons. The van der Waals surface area contributed by atoms with Crippen LogP contribution < -0.4 is 0 Å². The van der Waals surface area contributed by atoms with E-state index in [0.29, 0.717) is 25.3 Å². The molecule has 1 fully saturated rings. The van der Waals surface area contributed by atoms with Gasteiger partial charge in [-0.15, -0.1) is 12.3 Å². The van der Waals surface area contributed by atoms with Crippen LogP contribution in [0.15, 0.2) is 4.99 Å². The Labute approximate surface area is 163 Å². The molecule has 0 aliphatic carbocycles. The molecule has 152 valence electrons. The molecule has 0 aromatic carbocycles. The number of nitrogens with zero attached hydrogens (tertiary/aromatic N) is 3. The smallest absolute Gasteiger partial charge is 0.435 e. The van der Waals surface area contributed by atoms with E-state index in [-0.39, 0.29) is 6.42 Å². The third-order valence-electron chi connectivity index (χ3n) is 3.65. The van der Waals surface area contributed by atoms with Crippen molar-refractivity contribution in [1.82, 2.24) is 9.80 Å². The first-order chi connectivity index (χ1) is 12.4. The van der Waals surface area contributed by atoms with Crippen molar-refractivity contribution in [1.29, 1.82) is 0 Å². The Morgan fingerprint density at radius 1 is 1.00 bits per heavy atom. The van der Waals surface area contributed by atoms with Crippen LogP contribution in [-0.4, -0.2) is 71.6 Å². The molecule has 7 nitrogen and oxygen atoms in total. The minimum absolute atomic E-state index is 0.0686. The van der Waals surface area contributed by atoms with Gasteiger partial charge in [-0.1, -0.05) is 0 Å². The summed E-state index contributed by atoms with van der Waals surface area (Å²) in [6, 6.07) is 0. The zero-order chi connectivity index (χ0) is 20.7. The number of carbonyl (C=O) groups is 2. The fourth-order valence-electron chi connectivity index (χ4n) is 2.57. The van der Waals surface area contributed by atoms with E-state index < -0.39 is 23.3 Å². The molecule has 0 bridgehead atoms. The summed E-state index contributed by atoms with van der Waals surface area (Å²) in [6.45, 7) is 14.5. The van der Waals surface area contributed by atoms with Crippen molar-refractivity contribution in [3.8, 4) is 12.3 Å². The maximum absolute atomic E-state index is 12.3. The van der Waals surface area contributed by atoms with Crippen molar-refractivity contribution >= 4 is 17.9 Å². The quantitative estimate of drug-likeness (QED) is 0.324. The van der Waals surface area contributed by atoms with E-state index >= 15 is 0 Å². The Morgan fingerprint density at radius 2 is 1.56 bits per heavy atom. The van der Waals surface area contributed by atoms with Crippen molar-refractivity contribution in [2.45, 2.75) is 65.6 Å². The summed E-state index contributed by atoms with van der Waals surface area (Å²) >= 11 is 0. The van der Waals surface area contributed by atoms with Gasteiger partial charge >= 0.3 is 12.1 Å². The monoisotopic (exact) mass is 379 g/mol. The summed E-state index contributed by atoms with van der Waals surface area (Å²) in [5, 5.41) is 0. The van der Waals surface area contributed by atoms with Crippen LogP contribution in [0.1, 0.15) is 54.4 Å². The van der Waals surface area contributed by atoms with E-state index in [0.717, 1.165) is 19.6 Å². The Hall–Kier alpha value is -2.07. The summed E-state index contributed by atoms with van der Waals surface area (Å²) in [7, 11) is 0. The summed E-state index contributed by atoms with van der Waals surface area (Å²) < 4.78 is 10.7. The van der Waals surface area contributed by atoms with Crippen molar-refractivity contribution in [2.24, 2.45) is 4.99 Å². The van der Waals surface area contributed by atoms with Crippen LogP contribution in [0.3, 0.4) is 0 Å². The van der Waals surface area contributed by atoms with Gasteiger partial charge in [0, 0.05) is 39.1 Å². The normalized spacial score (nSPS) is 16.6. The lowest BCUT2D eigenvalue weighted by molar-refractivity contribution is -0.153. The van der Waals surface area contributed by atoms with E-state index in [4.69, 9.17) is 15.9 Å². The lowest BCUT2D eigenvalue weighted by Gasteiger charge is -2.36. The molecule has 27 heavy (non-hydrogen) atoms. The molecular weight excluding hydrogens is 346 g/mol. The Balaban J connectivity index is 2.84. The van der Waals surface area contributed by atoms with Gasteiger partial charge in [-0.3, -0.25) is 9.69 Å². The Morgan fingerprint density at radius 3 is 2.04 bits per heavy atom. The standard InChI is InChI=1S/C20H33N3O4/c1-8-9-10-22-11-13-23(14-12-22)16(15-17(24)26-19(2,3)4)21-18(25)27-20(5,6)7/h1H,9-15H2,2-7H3. The van der Waals surface area contributed by atoms with Gasteiger partial charge in [-0.2, -0.15) is 4.99 Å². The molecule has 0 N–H and O–H groups in total. The SMILES string of the molecule is C#CCCN1CCN(C(CC(=O)OC(C)(C)C)=NC(=O)OC(C)(C)C)CC1. The number of rotatable bonds is 4. The zero-order valence-corrected chi connectivity index (χ0v) is 17.5. The molecule has 0 unspecified atom stereocenters. The largest absolute Gasteiger partial charge is 0.460 e. The Kier molecular flexibility index (Phi) is 8.29. The number of esters is 1. The average molecular weight is 380 g/mol. The number of hydrogen-bond donors (Lipinski definition) is 0. The number of terminal acetylenes is 1. The highest BCUT2D eigenvalue weighted by atomic mass is 16.6. The first kappa shape index (κ1) is 23.0. The number of hydrogen-bond acceptors (Lipinski definition) is 5. The van der Waals surface area contributed by atoms with E-state index in [1.54, 1.807) is 41.5 Å². The topological polar surface area (TPSA) is 71.4 Å². The van der Waals surface area contributed by atoms with Crippen LogP contribution in [0.2, 0.25) is 0 Å². The highest BCUT2D eigenvalue weighted by Gasteiger charge is 2.26. The summed E-state index contributed by atoms with van der Waals surface area (Å²) in [6.07, 6.45) is 5.26. The second-order valence-corrected chi connectivity index (χ2v) is 8.55. The second-order valence-electron chi connectivity index (χ2n) is 8.55. The molecule has 1 rings (SSSR count). The maximum Gasteiger partial charge on any atom is 0.435 e. The minimum atomic E-state index is -0.698.